The highest BCUT2D eigenvalue weighted by atomic mass is 35.5. The van der Waals surface area contributed by atoms with Crippen LogP contribution in [0.25, 0.3) is 0 Å². The van der Waals surface area contributed by atoms with Gasteiger partial charge in [0, 0.05) is 18.0 Å². The molecule has 1 unspecified atom stereocenters. The Morgan fingerprint density at radius 2 is 2.32 bits per heavy atom. The fraction of sp³-hybridized carbons (Fsp3) is 0.500. The van der Waals surface area contributed by atoms with Crippen LogP contribution in [0.4, 0.5) is 0 Å². The molecule has 0 bridgehead atoms. The maximum absolute atomic E-state index is 12.5. The first-order valence-electron chi connectivity index (χ1n) is 6.32. The molecular weight excluding hydrogens is 280 g/mol. The molecule has 5 heteroatoms. The Kier molecular flexibility index (Phi) is 4.43. The molecule has 1 atom stereocenters. The van der Waals surface area contributed by atoms with E-state index in [0.29, 0.717) is 23.7 Å². The van der Waals surface area contributed by atoms with E-state index in [0.717, 1.165) is 17.9 Å². The lowest BCUT2D eigenvalue weighted by Crippen LogP contribution is -2.34. The first kappa shape index (κ1) is 14.7. The summed E-state index contributed by atoms with van der Waals surface area (Å²) in [6.45, 7) is 4.20. The second-order valence-corrected chi connectivity index (χ2v) is 6.62. The molecule has 0 saturated carbocycles. The summed E-state index contributed by atoms with van der Waals surface area (Å²) in [5, 5.41) is 0.518. The van der Waals surface area contributed by atoms with E-state index in [1.165, 1.54) is 0 Å². The molecule has 1 heterocycles. The number of likely N-dealkylation sites (tertiary alicyclic amines) is 1. The molecule has 0 radical (unpaired) electrons. The van der Waals surface area contributed by atoms with E-state index in [1.54, 1.807) is 17.8 Å². The van der Waals surface area contributed by atoms with Gasteiger partial charge >= 0.3 is 0 Å². The van der Waals surface area contributed by atoms with Crippen LogP contribution in [0.2, 0.25) is 5.02 Å². The van der Waals surface area contributed by atoms with Crippen molar-refractivity contribution < 1.29 is 4.79 Å². The van der Waals surface area contributed by atoms with Gasteiger partial charge in [0.25, 0.3) is 5.91 Å². The molecule has 1 aliphatic rings. The smallest absolute Gasteiger partial charge is 0.255 e. The van der Waals surface area contributed by atoms with E-state index >= 15 is 0 Å². The van der Waals surface area contributed by atoms with Crippen LogP contribution in [0.15, 0.2) is 23.1 Å². The van der Waals surface area contributed by atoms with Crippen molar-refractivity contribution in [1.82, 2.24) is 4.90 Å². The largest absolute Gasteiger partial charge is 0.338 e. The molecule has 0 spiro atoms. The van der Waals surface area contributed by atoms with Crippen molar-refractivity contribution in [3.63, 3.8) is 0 Å². The van der Waals surface area contributed by atoms with Gasteiger partial charge in [0.15, 0.2) is 0 Å². The van der Waals surface area contributed by atoms with Crippen LogP contribution < -0.4 is 5.73 Å². The minimum Gasteiger partial charge on any atom is -0.338 e. The lowest BCUT2D eigenvalue weighted by Gasteiger charge is -2.23. The molecule has 19 heavy (non-hydrogen) atoms. The number of halogens is 1. The van der Waals surface area contributed by atoms with Gasteiger partial charge in [-0.2, -0.15) is 0 Å². The molecule has 2 rings (SSSR count). The summed E-state index contributed by atoms with van der Waals surface area (Å²) in [6.07, 6.45) is 2.94. The number of carbonyl (C=O) groups excluding carboxylic acids is 1. The van der Waals surface area contributed by atoms with E-state index in [1.807, 2.05) is 23.3 Å². The summed E-state index contributed by atoms with van der Waals surface area (Å²) in [4.78, 5) is 15.4. The number of nitrogens with two attached hydrogens (primary N) is 1. The quantitative estimate of drug-likeness (QED) is 0.873. The molecule has 2 N–H and O–H groups in total. The summed E-state index contributed by atoms with van der Waals surface area (Å²) >= 11 is 7.76. The Balaban J connectivity index is 2.21. The van der Waals surface area contributed by atoms with Crippen molar-refractivity contribution in [3.8, 4) is 0 Å². The van der Waals surface area contributed by atoms with E-state index in [9.17, 15) is 4.79 Å². The van der Waals surface area contributed by atoms with E-state index in [4.69, 9.17) is 17.3 Å². The number of hydrogen-bond donors (Lipinski definition) is 1. The molecule has 104 valence electrons. The maximum Gasteiger partial charge on any atom is 0.255 e. The predicted molar refractivity (Wildman–Crippen MR) is 80.9 cm³/mol. The van der Waals surface area contributed by atoms with E-state index < -0.39 is 0 Å². The third-order valence-electron chi connectivity index (χ3n) is 3.74. The highest BCUT2D eigenvalue weighted by Crippen LogP contribution is 2.31. The summed E-state index contributed by atoms with van der Waals surface area (Å²) < 4.78 is 0. The van der Waals surface area contributed by atoms with Crippen molar-refractivity contribution in [2.24, 2.45) is 11.1 Å². The molecule has 1 aromatic carbocycles. The molecular formula is C14H19ClN2OS. The van der Waals surface area contributed by atoms with Gasteiger partial charge in [-0.05, 0) is 42.8 Å². The topological polar surface area (TPSA) is 46.3 Å². The number of thioether (sulfide) groups is 1. The van der Waals surface area contributed by atoms with E-state index in [2.05, 4.69) is 6.92 Å². The van der Waals surface area contributed by atoms with Gasteiger partial charge < -0.3 is 10.6 Å². The van der Waals surface area contributed by atoms with Crippen LogP contribution in [-0.4, -0.2) is 36.7 Å². The van der Waals surface area contributed by atoms with Gasteiger partial charge in [-0.3, -0.25) is 4.79 Å². The Morgan fingerprint density at radius 1 is 1.58 bits per heavy atom. The van der Waals surface area contributed by atoms with Crippen molar-refractivity contribution in [1.29, 1.82) is 0 Å². The van der Waals surface area contributed by atoms with Crippen molar-refractivity contribution in [2.45, 2.75) is 18.2 Å². The third kappa shape index (κ3) is 3.07. The molecule has 1 saturated heterocycles. The minimum atomic E-state index is 0.0121. The van der Waals surface area contributed by atoms with E-state index in [-0.39, 0.29) is 11.3 Å². The Bertz CT molecular complexity index is 494. The molecule has 1 fully saturated rings. The Labute approximate surface area is 123 Å². The zero-order chi connectivity index (χ0) is 14.0. The summed E-state index contributed by atoms with van der Waals surface area (Å²) in [6, 6.07) is 5.59. The Morgan fingerprint density at radius 3 is 2.89 bits per heavy atom. The van der Waals surface area contributed by atoms with Crippen LogP contribution in [-0.2, 0) is 0 Å². The fourth-order valence-corrected chi connectivity index (χ4v) is 2.97. The van der Waals surface area contributed by atoms with Crippen LogP contribution >= 0.6 is 23.4 Å². The van der Waals surface area contributed by atoms with Crippen molar-refractivity contribution in [3.05, 3.63) is 28.8 Å². The molecule has 1 amide bonds. The average Bonchev–Trinajstić information content (AvgIpc) is 2.82. The second-order valence-electron chi connectivity index (χ2n) is 5.34. The summed E-state index contributed by atoms with van der Waals surface area (Å²) in [7, 11) is 0. The van der Waals surface area contributed by atoms with Crippen LogP contribution in [0, 0.1) is 5.41 Å². The van der Waals surface area contributed by atoms with Gasteiger partial charge in [0.1, 0.15) is 0 Å². The monoisotopic (exact) mass is 298 g/mol. The van der Waals surface area contributed by atoms with Gasteiger partial charge in [-0.1, -0.05) is 18.5 Å². The molecule has 1 aromatic rings. The van der Waals surface area contributed by atoms with Gasteiger partial charge in [-0.15, -0.1) is 11.8 Å². The number of rotatable bonds is 3. The first-order valence-corrected chi connectivity index (χ1v) is 7.92. The van der Waals surface area contributed by atoms with Crippen molar-refractivity contribution in [2.75, 3.05) is 25.9 Å². The maximum atomic E-state index is 12.5. The zero-order valence-electron chi connectivity index (χ0n) is 11.3. The van der Waals surface area contributed by atoms with Crippen LogP contribution in [0.1, 0.15) is 23.7 Å². The van der Waals surface area contributed by atoms with Crippen LogP contribution in [0.5, 0.6) is 0 Å². The number of amides is 1. The number of hydrogen-bond acceptors (Lipinski definition) is 3. The molecule has 3 nitrogen and oxygen atoms in total. The SMILES string of the molecule is CSc1ccc(Cl)c(C(=O)N2CCC(C)(CN)C2)c1. The molecule has 1 aliphatic heterocycles. The van der Waals surface area contributed by atoms with Gasteiger partial charge in [0.05, 0.1) is 10.6 Å². The summed E-state index contributed by atoms with van der Waals surface area (Å²) in [5.41, 5.74) is 6.41. The van der Waals surface area contributed by atoms with Crippen molar-refractivity contribution >= 4 is 29.3 Å². The van der Waals surface area contributed by atoms with Gasteiger partial charge in [0.2, 0.25) is 0 Å². The second kappa shape index (κ2) is 5.73. The lowest BCUT2D eigenvalue weighted by molar-refractivity contribution is 0.0777. The third-order valence-corrected chi connectivity index (χ3v) is 4.80. The fourth-order valence-electron chi connectivity index (χ4n) is 2.33. The number of carbonyl (C=O) groups is 1. The normalized spacial score (nSPS) is 22.8. The average molecular weight is 299 g/mol. The van der Waals surface area contributed by atoms with Crippen LogP contribution in [0.3, 0.4) is 0 Å². The standard InChI is InChI=1S/C14H19ClN2OS/c1-14(8-16)5-6-17(9-14)13(18)11-7-10(19-2)3-4-12(11)15/h3-4,7H,5-6,8-9,16H2,1-2H3. The highest BCUT2D eigenvalue weighted by Gasteiger charge is 2.35. The molecule has 0 aliphatic carbocycles. The number of benzene rings is 1. The highest BCUT2D eigenvalue weighted by molar-refractivity contribution is 7.98. The first-order chi connectivity index (χ1) is 8.99. The lowest BCUT2D eigenvalue weighted by atomic mass is 9.90. The number of nitrogens with zero attached hydrogens (tertiary/aromatic N) is 1. The molecule has 0 aromatic heterocycles. The summed E-state index contributed by atoms with van der Waals surface area (Å²) in [5.74, 6) is 0.0121. The Hall–Kier alpha value is -0.710. The predicted octanol–water partition coefficient (Wildman–Crippen LogP) is 2.87. The van der Waals surface area contributed by atoms with Gasteiger partial charge in [-0.25, -0.2) is 0 Å². The minimum absolute atomic E-state index is 0.0121. The zero-order valence-corrected chi connectivity index (χ0v) is 12.9.